The first-order valence-electron chi connectivity index (χ1n) is 6.96. The minimum Gasteiger partial charge on any atom is -0.481 e. The molecule has 18 heavy (non-hydrogen) atoms. The van der Waals surface area contributed by atoms with Gasteiger partial charge in [-0.1, -0.05) is 33.1 Å². The van der Waals surface area contributed by atoms with Gasteiger partial charge in [-0.15, -0.1) is 0 Å². The highest BCUT2D eigenvalue weighted by atomic mass is 16.4. The molecule has 1 saturated carbocycles. The molecule has 0 spiro atoms. The van der Waals surface area contributed by atoms with E-state index in [1.807, 2.05) is 13.8 Å². The first kappa shape index (κ1) is 13.4. The number of carboxylic acid groups (broad SMARTS) is 1. The minimum atomic E-state index is -0.772. The Morgan fingerprint density at radius 2 is 1.78 bits per heavy atom. The quantitative estimate of drug-likeness (QED) is 0.820. The SMILES string of the molecule is C[C@@H]1CN(C(=O)C2(C)CCCCC2)C[C@H]1C(=O)O. The maximum Gasteiger partial charge on any atom is 0.308 e. The van der Waals surface area contributed by atoms with Crippen LogP contribution in [0, 0.1) is 17.3 Å². The molecule has 4 heteroatoms. The zero-order valence-electron chi connectivity index (χ0n) is 11.3. The molecule has 0 bridgehead atoms. The molecule has 1 aliphatic heterocycles. The average Bonchev–Trinajstić information content (AvgIpc) is 2.71. The van der Waals surface area contributed by atoms with Crippen LogP contribution < -0.4 is 0 Å². The minimum absolute atomic E-state index is 0.0682. The summed E-state index contributed by atoms with van der Waals surface area (Å²) < 4.78 is 0. The predicted molar refractivity (Wildman–Crippen MR) is 68.1 cm³/mol. The summed E-state index contributed by atoms with van der Waals surface area (Å²) in [6.07, 6.45) is 5.36. The Balaban J connectivity index is 2.04. The summed E-state index contributed by atoms with van der Waals surface area (Å²) in [7, 11) is 0. The first-order chi connectivity index (χ1) is 8.44. The van der Waals surface area contributed by atoms with Gasteiger partial charge in [-0.25, -0.2) is 0 Å². The highest BCUT2D eigenvalue weighted by molar-refractivity contribution is 5.84. The number of aliphatic carboxylic acids is 1. The van der Waals surface area contributed by atoms with Crippen molar-refractivity contribution >= 4 is 11.9 Å². The Kier molecular flexibility index (Phi) is 3.64. The lowest BCUT2D eigenvalue weighted by Gasteiger charge is -2.35. The number of likely N-dealkylation sites (tertiary alicyclic amines) is 1. The van der Waals surface area contributed by atoms with Crippen molar-refractivity contribution in [2.45, 2.75) is 46.0 Å². The van der Waals surface area contributed by atoms with E-state index in [-0.39, 0.29) is 23.2 Å². The molecule has 1 N–H and O–H groups in total. The van der Waals surface area contributed by atoms with E-state index >= 15 is 0 Å². The monoisotopic (exact) mass is 253 g/mol. The topological polar surface area (TPSA) is 57.6 Å². The number of hydrogen-bond donors (Lipinski definition) is 1. The van der Waals surface area contributed by atoms with Crippen LogP contribution in [0.2, 0.25) is 0 Å². The lowest BCUT2D eigenvalue weighted by atomic mass is 9.74. The Hall–Kier alpha value is -1.06. The van der Waals surface area contributed by atoms with Gasteiger partial charge in [0.2, 0.25) is 5.91 Å². The number of carbonyl (C=O) groups excluding carboxylic acids is 1. The van der Waals surface area contributed by atoms with Gasteiger partial charge >= 0.3 is 5.97 Å². The van der Waals surface area contributed by atoms with E-state index in [1.54, 1.807) is 4.90 Å². The molecule has 0 aromatic rings. The molecule has 102 valence electrons. The third kappa shape index (κ3) is 2.38. The van der Waals surface area contributed by atoms with Gasteiger partial charge in [0, 0.05) is 18.5 Å². The molecule has 0 unspecified atom stereocenters. The Morgan fingerprint density at radius 3 is 2.28 bits per heavy atom. The van der Waals surface area contributed by atoms with Crippen molar-refractivity contribution in [2.75, 3.05) is 13.1 Å². The van der Waals surface area contributed by atoms with Gasteiger partial charge in [0.25, 0.3) is 0 Å². The molecule has 4 nitrogen and oxygen atoms in total. The van der Waals surface area contributed by atoms with Crippen molar-refractivity contribution < 1.29 is 14.7 Å². The molecule has 0 aromatic carbocycles. The molecular weight excluding hydrogens is 230 g/mol. The van der Waals surface area contributed by atoms with E-state index in [9.17, 15) is 9.59 Å². The summed E-state index contributed by atoms with van der Waals surface area (Å²) in [4.78, 5) is 25.5. The highest BCUT2D eigenvalue weighted by Gasteiger charge is 2.43. The maximum atomic E-state index is 12.6. The second-order valence-electron chi connectivity index (χ2n) is 6.25. The van der Waals surface area contributed by atoms with Gasteiger partial charge in [0.1, 0.15) is 0 Å². The molecule has 1 aliphatic carbocycles. The fourth-order valence-corrected chi connectivity index (χ4v) is 3.38. The number of carboxylic acids is 1. The van der Waals surface area contributed by atoms with Crippen LogP contribution in [-0.2, 0) is 9.59 Å². The number of amides is 1. The normalized spacial score (nSPS) is 31.3. The highest BCUT2D eigenvalue weighted by Crippen LogP contribution is 2.39. The van der Waals surface area contributed by atoms with E-state index in [4.69, 9.17) is 5.11 Å². The first-order valence-corrected chi connectivity index (χ1v) is 6.96. The zero-order valence-corrected chi connectivity index (χ0v) is 11.3. The summed E-state index contributed by atoms with van der Waals surface area (Å²) >= 11 is 0. The van der Waals surface area contributed by atoms with Gasteiger partial charge in [-0.3, -0.25) is 9.59 Å². The molecule has 1 heterocycles. The fraction of sp³-hybridized carbons (Fsp3) is 0.857. The number of hydrogen-bond acceptors (Lipinski definition) is 2. The maximum absolute atomic E-state index is 12.6. The van der Waals surface area contributed by atoms with Crippen molar-refractivity contribution in [3.8, 4) is 0 Å². The molecule has 2 atom stereocenters. The van der Waals surface area contributed by atoms with Crippen LogP contribution in [0.3, 0.4) is 0 Å². The zero-order chi connectivity index (χ0) is 13.3. The van der Waals surface area contributed by atoms with Crippen molar-refractivity contribution in [1.29, 1.82) is 0 Å². The molecule has 2 rings (SSSR count). The predicted octanol–water partition coefficient (Wildman–Crippen LogP) is 2.14. The van der Waals surface area contributed by atoms with E-state index in [1.165, 1.54) is 6.42 Å². The third-order valence-electron chi connectivity index (χ3n) is 4.69. The van der Waals surface area contributed by atoms with E-state index in [0.717, 1.165) is 25.7 Å². The van der Waals surface area contributed by atoms with Gasteiger partial charge in [0.05, 0.1) is 5.92 Å². The molecule has 0 radical (unpaired) electrons. The number of carbonyl (C=O) groups is 2. The largest absolute Gasteiger partial charge is 0.481 e. The Labute approximate surface area is 108 Å². The molecule has 2 fully saturated rings. The molecule has 1 saturated heterocycles. The van der Waals surface area contributed by atoms with Crippen LogP contribution in [-0.4, -0.2) is 35.0 Å². The smallest absolute Gasteiger partial charge is 0.308 e. The number of nitrogens with zero attached hydrogens (tertiary/aromatic N) is 1. The third-order valence-corrected chi connectivity index (χ3v) is 4.69. The van der Waals surface area contributed by atoms with E-state index < -0.39 is 5.97 Å². The lowest BCUT2D eigenvalue weighted by Crippen LogP contribution is -2.42. The second kappa shape index (κ2) is 4.90. The molecule has 0 aromatic heterocycles. The van der Waals surface area contributed by atoms with E-state index in [0.29, 0.717) is 13.1 Å². The van der Waals surface area contributed by atoms with Gasteiger partial charge in [-0.2, -0.15) is 0 Å². The Morgan fingerprint density at radius 1 is 1.17 bits per heavy atom. The molecular formula is C14H23NO3. The second-order valence-corrected chi connectivity index (χ2v) is 6.25. The van der Waals surface area contributed by atoms with Crippen LogP contribution >= 0.6 is 0 Å². The average molecular weight is 253 g/mol. The standard InChI is InChI=1S/C14H23NO3/c1-10-8-15(9-11(10)12(16)17)13(18)14(2)6-4-3-5-7-14/h10-11H,3-9H2,1-2H3,(H,16,17)/t10-,11-/m1/s1. The van der Waals surface area contributed by atoms with Crippen LogP contribution in [0.1, 0.15) is 46.0 Å². The number of rotatable bonds is 2. The lowest BCUT2D eigenvalue weighted by molar-refractivity contribution is -0.144. The molecule has 2 aliphatic rings. The van der Waals surface area contributed by atoms with Crippen LogP contribution in [0.25, 0.3) is 0 Å². The van der Waals surface area contributed by atoms with Crippen molar-refractivity contribution in [3.63, 3.8) is 0 Å². The molecule has 1 amide bonds. The van der Waals surface area contributed by atoms with Gasteiger partial charge in [-0.05, 0) is 18.8 Å². The van der Waals surface area contributed by atoms with Gasteiger partial charge in [0.15, 0.2) is 0 Å². The fourth-order valence-electron chi connectivity index (χ4n) is 3.38. The van der Waals surface area contributed by atoms with E-state index in [2.05, 4.69) is 0 Å². The van der Waals surface area contributed by atoms with Crippen LogP contribution in [0.5, 0.6) is 0 Å². The van der Waals surface area contributed by atoms with Crippen molar-refractivity contribution in [3.05, 3.63) is 0 Å². The summed E-state index contributed by atoms with van der Waals surface area (Å²) in [5.74, 6) is -0.913. The van der Waals surface area contributed by atoms with Crippen molar-refractivity contribution in [2.24, 2.45) is 17.3 Å². The summed E-state index contributed by atoms with van der Waals surface area (Å²) in [5, 5.41) is 9.12. The summed E-state index contributed by atoms with van der Waals surface area (Å²) in [5.41, 5.74) is -0.245. The van der Waals surface area contributed by atoms with Crippen molar-refractivity contribution in [1.82, 2.24) is 4.90 Å². The van der Waals surface area contributed by atoms with Crippen LogP contribution in [0.4, 0.5) is 0 Å². The summed E-state index contributed by atoms with van der Waals surface area (Å²) in [6, 6.07) is 0. The van der Waals surface area contributed by atoms with Crippen LogP contribution in [0.15, 0.2) is 0 Å². The summed E-state index contributed by atoms with van der Waals surface area (Å²) in [6.45, 7) is 4.97. The van der Waals surface area contributed by atoms with Gasteiger partial charge < -0.3 is 10.0 Å². The Bertz CT molecular complexity index is 347.